The van der Waals surface area contributed by atoms with E-state index in [0.717, 1.165) is 5.75 Å². The molecular weight excluding hydrogens is 226 g/mol. The Morgan fingerprint density at radius 3 is 3.12 bits per heavy atom. The maximum atomic E-state index is 11.6. The van der Waals surface area contributed by atoms with Gasteiger partial charge in [-0.2, -0.15) is 11.8 Å². The molecule has 4 N–H and O–H groups in total. The fraction of sp³-hybridized carbons (Fsp3) is 0.400. The number of thioether (sulfide) groups is 1. The highest BCUT2D eigenvalue weighted by atomic mass is 32.2. The van der Waals surface area contributed by atoms with Gasteiger partial charge in [-0.05, 0) is 30.6 Å². The Bertz CT molecular complexity index is 360. The second kappa shape index (κ2) is 6.34. The molecule has 0 radical (unpaired) electrons. The van der Waals surface area contributed by atoms with Gasteiger partial charge in [0.25, 0.3) is 0 Å². The molecule has 6 heteroatoms. The van der Waals surface area contributed by atoms with Crippen LogP contribution in [0, 0.1) is 0 Å². The number of aromatic hydroxyl groups is 1. The van der Waals surface area contributed by atoms with Gasteiger partial charge in [0, 0.05) is 6.20 Å². The monoisotopic (exact) mass is 241 g/mol. The number of carbonyl (C=O) groups is 1. The van der Waals surface area contributed by atoms with Gasteiger partial charge in [-0.25, -0.2) is 4.98 Å². The van der Waals surface area contributed by atoms with Crippen molar-refractivity contribution in [1.82, 2.24) is 4.98 Å². The topological polar surface area (TPSA) is 88.2 Å². The fourth-order valence-electron chi connectivity index (χ4n) is 1.08. The predicted molar refractivity (Wildman–Crippen MR) is 65.5 cm³/mol. The predicted octanol–water partition coefficient (Wildman–Crippen LogP) is 0.806. The van der Waals surface area contributed by atoms with E-state index < -0.39 is 6.04 Å². The summed E-state index contributed by atoms with van der Waals surface area (Å²) in [5, 5.41) is 11.9. The van der Waals surface area contributed by atoms with Crippen LogP contribution in [0.5, 0.6) is 5.75 Å². The zero-order chi connectivity index (χ0) is 12.0. The Kier molecular flexibility index (Phi) is 5.07. The van der Waals surface area contributed by atoms with E-state index in [2.05, 4.69) is 10.3 Å². The summed E-state index contributed by atoms with van der Waals surface area (Å²) < 4.78 is 0. The van der Waals surface area contributed by atoms with Crippen LogP contribution in [0.4, 0.5) is 5.82 Å². The quantitative estimate of drug-likeness (QED) is 0.710. The Labute approximate surface area is 98.4 Å². The molecule has 0 aliphatic heterocycles. The molecule has 0 aliphatic carbocycles. The summed E-state index contributed by atoms with van der Waals surface area (Å²) in [6.07, 6.45) is 4.04. The zero-order valence-corrected chi connectivity index (χ0v) is 9.83. The first-order valence-corrected chi connectivity index (χ1v) is 6.24. The molecule has 1 heterocycles. The van der Waals surface area contributed by atoms with E-state index in [1.807, 2.05) is 6.26 Å². The fourth-order valence-corrected chi connectivity index (χ4v) is 1.57. The summed E-state index contributed by atoms with van der Waals surface area (Å²) in [5.74, 6) is 0.575. The van der Waals surface area contributed by atoms with Crippen molar-refractivity contribution in [3.63, 3.8) is 0 Å². The molecular formula is C10H15N3O2S. The SMILES string of the molecule is CSCC[C@H](N)C(=O)Nc1ncccc1O. The molecule has 0 aromatic carbocycles. The normalized spacial score (nSPS) is 12.1. The first-order valence-electron chi connectivity index (χ1n) is 4.84. The highest BCUT2D eigenvalue weighted by Gasteiger charge is 2.14. The van der Waals surface area contributed by atoms with Crippen LogP contribution < -0.4 is 11.1 Å². The Hall–Kier alpha value is -1.27. The molecule has 5 nitrogen and oxygen atoms in total. The number of amides is 1. The highest BCUT2D eigenvalue weighted by molar-refractivity contribution is 7.98. The highest BCUT2D eigenvalue weighted by Crippen LogP contribution is 2.18. The maximum Gasteiger partial charge on any atom is 0.242 e. The van der Waals surface area contributed by atoms with Gasteiger partial charge in [-0.3, -0.25) is 4.79 Å². The molecule has 0 bridgehead atoms. The summed E-state index contributed by atoms with van der Waals surface area (Å²) in [7, 11) is 0. The number of carbonyl (C=O) groups excluding carboxylic acids is 1. The third-order valence-corrected chi connectivity index (χ3v) is 2.64. The molecule has 1 aromatic rings. The summed E-state index contributed by atoms with van der Waals surface area (Å²) in [6, 6.07) is 2.46. The second-order valence-corrected chi connectivity index (χ2v) is 4.23. The van der Waals surface area contributed by atoms with Crippen molar-refractivity contribution in [3.05, 3.63) is 18.3 Å². The first-order chi connectivity index (χ1) is 7.65. The van der Waals surface area contributed by atoms with Crippen LogP contribution in [-0.4, -0.2) is 34.0 Å². The summed E-state index contributed by atoms with van der Waals surface area (Å²) in [5.41, 5.74) is 5.67. The molecule has 0 saturated heterocycles. The van der Waals surface area contributed by atoms with Gasteiger partial charge in [-0.15, -0.1) is 0 Å². The summed E-state index contributed by atoms with van der Waals surface area (Å²) in [4.78, 5) is 15.4. The average Bonchev–Trinajstić information content (AvgIpc) is 2.28. The van der Waals surface area contributed by atoms with Gasteiger partial charge in [-0.1, -0.05) is 0 Å². The molecule has 1 amide bonds. The number of rotatable bonds is 5. The van der Waals surface area contributed by atoms with Crippen LogP contribution in [0.15, 0.2) is 18.3 Å². The van der Waals surface area contributed by atoms with Crippen molar-refractivity contribution < 1.29 is 9.90 Å². The number of hydrogen-bond acceptors (Lipinski definition) is 5. The van der Waals surface area contributed by atoms with E-state index in [1.54, 1.807) is 17.8 Å². The van der Waals surface area contributed by atoms with Crippen LogP contribution in [0.3, 0.4) is 0 Å². The van der Waals surface area contributed by atoms with Crippen molar-refractivity contribution in [2.24, 2.45) is 5.73 Å². The van der Waals surface area contributed by atoms with E-state index >= 15 is 0 Å². The van der Waals surface area contributed by atoms with Crippen molar-refractivity contribution >= 4 is 23.5 Å². The van der Waals surface area contributed by atoms with Crippen LogP contribution in [-0.2, 0) is 4.79 Å². The lowest BCUT2D eigenvalue weighted by atomic mass is 10.2. The molecule has 16 heavy (non-hydrogen) atoms. The number of pyridine rings is 1. The van der Waals surface area contributed by atoms with Gasteiger partial charge in [0.15, 0.2) is 11.6 Å². The molecule has 0 aliphatic rings. The Balaban J connectivity index is 2.54. The molecule has 88 valence electrons. The van der Waals surface area contributed by atoms with Gasteiger partial charge < -0.3 is 16.2 Å². The number of aromatic nitrogens is 1. The standard InChI is InChI=1S/C10H15N3O2S/c1-16-6-4-7(11)10(15)13-9-8(14)3-2-5-12-9/h2-3,5,7,14H,4,6,11H2,1H3,(H,12,13,15)/t7-/m0/s1. The molecule has 0 fully saturated rings. The lowest BCUT2D eigenvalue weighted by molar-refractivity contribution is -0.117. The smallest absolute Gasteiger partial charge is 0.242 e. The minimum Gasteiger partial charge on any atom is -0.504 e. The van der Waals surface area contributed by atoms with E-state index in [-0.39, 0.29) is 17.5 Å². The minimum atomic E-state index is -0.575. The summed E-state index contributed by atoms with van der Waals surface area (Å²) >= 11 is 1.63. The number of nitrogens with two attached hydrogens (primary N) is 1. The van der Waals surface area contributed by atoms with Crippen LogP contribution in [0.25, 0.3) is 0 Å². The molecule has 0 unspecified atom stereocenters. The molecule has 0 saturated carbocycles. The first kappa shape index (κ1) is 12.8. The van der Waals surface area contributed by atoms with Gasteiger partial charge in [0.2, 0.25) is 5.91 Å². The van der Waals surface area contributed by atoms with Crippen LogP contribution in [0.2, 0.25) is 0 Å². The average molecular weight is 241 g/mol. The maximum absolute atomic E-state index is 11.6. The van der Waals surface area contributed by atoms with E-state index in [1.165, 1.54) is 12.3 Å². The van der Waals surface area contributed by atoms with E-state index in [9.17, 15) is 9.90 Å². The third kappa shape index (κ3) is 3.71. The molecule has 1 atom stereocenters. The number of nitrogens with zero attached hydrogens (tertiary/aromatic N) is 1. The van der Waals surface area contributed by atoms with Gasteiger partial charge >= 0.3 is 0 Å². The Morgan fingerprint density at radius 1 is 1.75 bits per heavy atom. The van der Waals surface area contributed by atoms with Crippen molar-refractivity contribution in [1.29, 1.82) is 0 Å². The molecule has 1 rings (SSSR count). The summed E-state index contributed by atoms with van der Waals surface area (Å²) in [6.45, 7) is 0. The van der Waals surface area contributed by atoms with Crippen LogP contribution >= 0.6 is 11.8 Å². The van der Waals surface area contributed by atoms with E-state index in [4.69, 9.17) is 5.73 Å². The lowest BCUT2D eigenvalue weighted by Crippen LogP contribution is -2.36. The lowest BCUT2D eigenvalue weighted by Gasteiger charge is -2.11. The van der Waals surface area contributed by atoms with Gasteiger partial charge in [0.05, 0.1) is 6.04 Å². The van der Waals surface area contributed by atoms with E-state index in [0.29, 0.717) is 6.42 Å². The number of anilines is 1. The van der Waals surface area contributed by atoms with Gasteiger partial charge in [0.1, 0.15) is 0 Å². The number of nitrogens with one attached hydrogen (secondary N) is 1. The van der Waals surface area contributed by atoms with Crippen molar-refractivity contribution in [2.75, 3.05) is 17.3 Å². The van der Waals surface area contributed by atoms with Crippen molar-refractivity contribution in [3.8, 4) is 5.75 Å². The van der Waals surface area contributed by atoms with Crippen LogP contribution in [0.1, 0.15) is 6.42 Å². The number of hydrogen-bond donors (Lipinski definition) is 3. The van der Waals surface area contributed by atoms with Crippen molar-refractivity contribution in [2.45, 2.75) is 12.5 Å². The third-order valence-electron chi connectivity index (χ3n) is 2.00. The Morgan fingerprint density at radius 2 is 2.50 bits per heavy atom. The molecule has 1 aromatic heterocycles. The largest absolute Gasteiger partial charge is 0.504 e. The zero-order valence-electron chi connectivity index (χ0n) is 9.01. The minimum absolute atomic E-state index is 0.0621. The second-order valence-electron chi connectivity index (χ2n) is 3.25. The molecule has 0 spiro atoms.